The number of aromatic nitrogens is 1. The van der Waals surface area contributed by atoms with Gasteiger partial charge in [-0.1, -0.05) is 13.8 Å². The molecule has 1 N–H and O–H groups in total. The molecule has 1 heterocycles. The summed E-state index contributed by atoms with van der Waals surface area (Å²) in [6, 6.07) is 4.11. The van der Waals surface area contributed by atoms with E-state index in [1.807, 2.05) is 12.1 Å². The Labute approximate surface area is 96.7 Å². The number of pyridine rings is 1. The third-order valence-electron chi connectivity index (χ3n) is 2.30. The molecule has 0 saturated heterocycles. The minimum absolute atomic E-state index is 0.0983. The fourth-order valence-electron chi connectivity index (χ4n) is 1.33. The van der Waals surface area contributed by atoms with Gasteiger partial charge >= 0.3 is 0 Å². The first-order chi connectivity index (χ1) is 7.61. The van der Waals surface area contributed by atoms with Crippen molar-refractivity contribution in [3.8, 4) is 0 Å². The number of amides is 1. The maximum absolute atomic E-state index is 11.8. The van der Waals surface area contributed by atoms with Gasteiger partial charge in [-0.15, -0.1) is 0 Å². The maximum Gasteiger partial charge on any atom is 0.228 e. The summed E-state index contributed by atoms with van der Waals surface area (Å²) in [5.74, 6) is 0.0983. The molecule has 1 aromatic rings. The summed E-state index contributed by atoms with van der Waals surface area (Å²) in [5, 5.41) is 3.22. The molecular formula is C12H19N3O. The lowest BCUT2D eigenvalue weighted by atomic mass is 10.3. The molecule has 0 aromatic carbocycles. The van der Waals surface area contributed by atoms with Crippen LogP contribution in [0.3, 0.4) is 0 Å². The lowest BCUT2D eigenvalue weighted by molar-refractivity contribution is -0.118. The van der Waals surface area contributed by atoms with Gasteiger partial charge in [0, 0.05) is 32.3 Å². The highest BCUT2D eigenvalue weighted by Crippen LogP contribution is 2.09. The predicted molar refractivity (Wildman–Crippen MR) is 65.4 cm³/mol. The topological polar surface area (TPSA) is 45.2 Å². The summed E-state index contributed by atoms with van der Waals surface area (Å²) in [6.07, 6.45) is 3.89. The molecule has 0 unspecified atom stereocenters. The molecule has 0 saturated carbocycles. The van der Waals surface area contributed by atoms with Crippen LogP contribution in [0, 0.1) is 0 Å². The first-order valence-corrected chi connectivity index (χ1v) is 5.51. The molecule has 1 aromatic heterocycles. The van der Waals surface area contributed by atoms with Crippen LogP contribution in [-0.2, 0) is 4.79 Å². The molecule has 88 valence electrons. The molecule has 0 radical (unpaired) electrons. The SMILES string of the molecule is CC(C)NCCC(=O)N(C)c1cccnc1. The van der Waals surface area contributed by atoms with Crippen molar-refractivity contribution in [3.05, 3.63) is 24.5 Å². The van der Waals surface area contributed by atoms with Gasteiger partial charge in [0.15, 0.2) is 0 Å². The van der Waals surface area contributed by atoms with Crippen LogP contribution in [0.15, 0.2) is 24.5 Å². The number of hydrogen-bond donors (Lipinski definition) is 1. The predicted octanol–water partition coefficient (Wildman–Crippen LogP) is 1.43. The fraction of sp³-hybridized carbons (Fsp3) is 0.500. The van der Waals surface area contributed by atoms with Gasteiger partial charge in [0.2, 0.25) is 5.91 Å². The standard InChI is InChI=1S/C12H19N3O/c1-10(2)14-8-6-12(16)15(3)11-5-4-7-13-9-11/h4-5,7,9-10,14H,6,8H2,1-3H3. The van der Waals surface area contributed by atoms with Gasteiger partial charge in [-0.3, -0.25) is 9.78 Å². The van der Waals surface area contributed by atoms with E-state index in [0.29, 0.717) is 19.0 Å². The second-order valence-electron chi connectivity index (χ2n) is 4.02. The van der Waals surface area contributed by atoms with Crippen LogP contribution < -0.4 is 10.2 Å². The van der Waals surface area contributed by atoms with Crippen LogP contribution in [0.2, 0.25) is 0 Å². The third kappa shape index (κ3) is 3.98. The average molecular weight is 221 g/mol. The Morgan fingerprint density at radius 1 is 1.56 bits per heavy atom. The second kappa shape index (κ2) is 6.23. The first kappa shape index (κ1) is 12.6. The lowest BCUT2D eigenvalue weighted by Gasteiger charge is -2.17. The summed E-state index contributed by atoms with van der Waals surface area (Å²) >= 11 is 0. The molecule has 0 aliphatic rings. The normalized spacial score (nSPS) is 10.5. The van der Waals surface area contributed by atoms with E-state index < -0.39 is 0 Å². The molecular weight excluding hydrogens is 202 g/mol. The summed E-state index contributed by atoms with van der Waals surface area (Å²) in [4.78, 5) is 17.4. The van der Waals surface area contributed by atoms with Crippen molar-refractivity contribution in [3.63, 3.8) is 0 Å². The van der Waals surface area contributed by atoms with Gasteiger partial charge in [-0.05, 0) is 12.1 Å². The van der Waals surface area contributed by atoms with Crippen molar-refractivity contribution in [1.82, 2.24) is 10.3 Å². The molecule has 1 amide bonds. The molecule has 0 atom stereocenters. The zero-order valence-corrected chi connectivity index (χ0v) is 10.1. The quantitative estimate of drug-likeness (QED) is 0.818. The zero-order valence-electron chi connectivity index (χ0n) is 10.1. The van der Waals surface area contributed by atoms with E-state index in [-0.39, 0.29) is 5.91 Å². The minimum Gasteiger partial charge on any atom is -0.314 e. The Kier molecular flexibility index (Phi) is 4.92. The highest BCUT2D eigenvalue weighted by atomic mass is 16.2. The second-order valence-corrected chi connectivity index (χ2v) is 4.02. The maximum atomic E-state index is 11.8. The zero-order chi connectivity index (χ0) is 12.0. The monoisotopic (exact) mass is 221 g/mol. The van der Waals surface area contributed by atoms with Crippen molar-refractivity contribution < 1.29 is 4.79 Å². The average Bonchev–Trinajstić information content (AvgIpc) is 2.28. The van der Waals surface area contributed by atoms with Gasteiger partial charge < -0.3 is 10.2 Å². The number of anilines is 1. The van der Waals surface area contributed by atoms with Crippen molar-refractivity contribution in [2.24, 2.45) is 0 Å². The number of rotatable bonds is 5. The Morgan fingerprint density at radius 2 is 2.31 bits per heavy atom. The van der Waals surface area contributed by atoms with Gasteiger partial charge in [0.1, 0.15) is 0 Å². The van der Waals surface area contributed by atoms with Crippen LogP contribution in [0.25, 0.3) is 0 Å². The largest absolute Gasteiger partial charge is 0.314 e. The van der Waals surface area contributed by atoms with E-state index >= 15 is 0 Å². The van der Waals surface area contributed by atoms with Crippen LogP contribution in [0.5, 0.6) is 0 Å². The Bertz CT molecular complexity index is 324. The summed E-state index contributed by atoms with van der Waals surface area (Å²) in [5.41, 5.74) is 0.831. The van der Waals surface area contributed by atoms with Gasteiger partial charge in [-0.2, -0.15) is 0 Å². The molecule has 4 heteroatoms. The number of nitrogens with zero attached hydrogens (tertiary/aromatic N) is 2. The summed E-state index contributed by atoms with van der Waals surface area (Å²) < 4.78 is 0. The van der Waals surface area contributed by atoms with E-state index in [1.54, 1.807) is 24.3 Å². The van der Waals surface area contributed by atoms with Crippen LogP contribution >= 0.6 is 0 Å². The van der Waals surface area contributed by atoms with E-state index in [4.69, 9.17) is 0 Å². The van der Waals surface area contributed by atoms with Crippen molar-refractivity contribution in [2.75, 3.05) is 18.5 Å². The smallest absolute Gasteiger partial charge is 0.228 e. The van der Waals surface area contributed by atoms with Crippen molar-refractivity contribution in [2.45, 2.75) is 26.3 Å². The first-order valence-electron chi connectivity index (χ1n) is 5.51. The van der Waals surface area contributed by atoms with Crippen LogP contribution in [0.4, 0.5) is 5.69 Å². The highest BCUT2D eigenvalue weighted by molar-refractivity contribution is 5.92. The Hall–Kier alpha value is -1.42. The molecule has 0 spiro atoms. The molecule has 0 fully saturated rings. The van der Waals surface area contributed by atoms with E-state index in [0.717, 1.165) is 5.69 Å². The van der Waals surface area contributed by atoms with Gasteiger partial charge in [-0.25, -0.2) is 0 Å². The fourth-order valence-corrected chi connectivity index (χ4v) is 1.33. The third-order valence-corrected chi connectivity index (χ3v) is 2.30. The number of hydrogen-bond acceptors (Lipinski definition) is 3. The number of carbonyl (C=O) groups excluding carboxylic acids is 1. The highest BCUT2D eigenvalue weighted by Gasteiger charge is 2.10. The van der Waals surface area contributed by atoms with Crippen molar-refractivity contribution >= 4 is 11.6 Å². The Morgan fingerprint density at radius 3 is 2.88 bits per heavy atom. The van der Waals surface area contributed by atoms with Gasteiger partial charge in [0.25, 0.3) is 0 Å². The van der Waals surface area contributed by atoms with Crippen molar-refractivity contribution in [1.29, 1.82) is 0 Å². The van der Waals surface area contributed by atoms with E-state index in [1.165, 1.54) is 0 Å². The van der Waals surface area contributed by atoms with Gasteiger partial charge in [0.05, 0.1) is 11.9 Å². The number of nitrogens with one attached hydrogen (secondary N) is 1. The molecule has 0 aliphatic heterocycles. The Balaban J connectivity index is 2.43. The summed E-state index contributed by atoms with van der Waals surface area (Å²) in [6.45, 7) is 4.84. The summed E-state index contributed by atoms with van der Waals surface area (Å²) in [7, 11) is 1.77. The molecule has 0 aliphatic carbocycles. The molecule has 16 heavy (non-hydrogen) atoms. The van der Waals surface area contributed by atoms with Crippen LogP contribution in [-0.4, -0.2) is 30.5 Å². The van der Waals surface area contributed by atoms with Crippen LogP contribution in [0.1, 0.15) is 20.3 Å². The molecule has 0 bridgehead atoms. The van der Waals surface area contributed by atoms with E-state index in [9.17, 15) is 4.79 Å². The minimum atomic E-state index is 0.0983. The molecule has 4 nitrogen and oxygen atoms in total. The molecule has 1 rings (SSSR count). The van der Waals surface area contributed by atoms with E-state index in [2.05, 4.69) is 24.1 Å². The number of carbonyl (C=O) groups is 1. The lowest BCUT2D eigenvalue weighted by Crippen LogP contribution is -2.32.